The van der Waals surface area contributed by atoms with E-state index in [0.29, 0.717) is 0 Å². The molecule has 1 aromatic carbocycles. The molecule has 0 heterocycles. The standard InChI is InChI=1S/C12H14F2O2/c13-8-4-7-11(14)12(15)16-9-10-5-2-1-3-6-10/h1-3,5-6,11H,4,7-9H2. The smallest absolute Gasteiger partial charge is 0.341 e. The Balaban J connectivity index is 2.29. The summed E-state index contributed by atoms with van der Waals surface area (Å²) in [4.78, 5) is 11.1. The highest BCUT2D eigenvalue weighted by atomic mass is 19.1. The van der Waals surface area contributed by atoms with Crippen LogP contribution in [-0.2, 0) is 16.1 Å². The maximum Gasteiger partial charge on any atom is 0.341 e. The molecule has 1 atom stereocenters. The first-order chi connectivity index (χ1) is 7.74. The highest BCUT2D eigenvalue weighted by molar-refractivity contribution is 5.74. The van der Waals surface area contributed by atoms with Gasteiger partial charge in [-0.1, -0.05) is 30.3 Å². The molecule has 88 valence electrons. The van der Waals surface area contributed by atoms with E-state index in [9.17, 15) is 13.6 Å². The van der Waals surface area contributed by atoms with Gasteiger partial charge in [0.1, 0.15) is 6.61 Å². The van der Waals surface area contributed by atoms with Crippen LogP contribution in [0.15, 0.2) is 30.3 Å². The Kier molecular flexibility index (Phi) is 5.46. The van der Waals surface area contributed by atoms with Crippen LogP contribution >= 0.6 is 0 Å². The Hall–Kier alpha value is -1.45. The largest absolute Gasteiger partial charge is 0.459 e. The van der Waals surface area contributed by atoms with Crippen LogP contribution in [0.1, 0.15) is 18.4 Å². The predicted molar refractivity (Wildman–Crippen MR) is 56.3 cm³/mol. The summed E-state index contributed by atoms with van der Waals surface area (Å²) in [7, 11) is 0. The minimum absolute atomic E-state index is 0.0433. The van der Waals surface area contributed by atoms with E-state index in [4.69, 9.17) is 4.74 Å². The summed E-state index contributed by atoms with van der Waals surface area (Å²) in [5, 5.41) is 0. The second kappa shape index (κ2) is 6.93. The van der Waals surface area contributed by atoms with Crippen molar-refractivity contribution in [1.29, 1.82) is 0 Å². The first kappa shape index (κ1) is 12.6. The zero-order chi connectivity index (χ0) is 11.8. The minimum Gasteiger partial charge on any atom is -0.459 e. The molecule has 0 saturated carbocycles. The molecule has 0 bridgehead atoms. The molecule has 0 aromatic heterocycles. The Labute approximate surface area is 93.2 Å². The van der Waals surface area contributed by atoms with Gasteiger partial charge >= 0.3 is 5.97 Å². The van der Waals surface area contributed by atoms with Gasteiger partial charge in [0.15, 0.2) is 6.17 Å². The molecule has 0 aliphatic rings. The van der Waals surface area contributed by atoms with Crippen molar-refractivity contribution in [1.82, 2.24) is 0 Å². The SMILES string of the molecule is O=C(OCc1ccccc1)C(F)CCCF. The molecule has 0 aliphatic carbocycles. The first-order valence-electron chi connectivity index (χ1n) is 5.14. The van der Waals surface area contributed by atoms with Crippen molar-refractivity contribution in [3.05, 3.63) is 35.9 Å². The quantitative estimate of drug-likeness (QED) is 0.700. The monoisotopic (exact) mass is 228 g/mol. The van der Waals surface area contributed by atoms with Crippen LogP contribution in [0.5, 0.6) is 0 Å². The molecule has 2 nitrogen and oxygen atoms in total. The van der Waals surface area contributed by atoms with Crippen molar-refractivity contribution in [3.8, 4) is 0 Å². The number of halogens is 2. The number of hydrogen-bond donors (Lipinski definition) is 0. The maximum absolute atomic E-state index is 13.0. The van der Waals surface area contributed by atoms with Crippen LogP contribution in [0.3, 0.4) is 0 Å². The molecule has 0 fully saturated rings. The van der Waals surface area contributed by atoms with Gasteiger partial charge in [-0.3, -0.25) is 4.39 Å². The van der Waals surface area contributed by atoms with E-state index >= 15 is 0 Å². The Bertz CT molecular complexity index is 314. The molecule has 0 aliphatic heterocycles. The molecule has 0 spiro atoms. The van der Waals surface area contributed by atoms with Gasteiger partial charge in [-0.15, -0.1) is 0 Å². The summed E-state index contributed by atoms with van der Waals surface area (Å²) < 4.78 is 29.5. The average Bonchev–Trinajstić information content (AvgIpc) is 2.34. The maximum atomic E-state index is 13.0. The second-order valence-electron chi connectivity index (χ2n) is 3.39. The molecule has 0 amide bonds. The Morgan fingerprint density at radius 1 is 1.31 bits per heavy atom. The lowest BCUT2D eigenvalue weighted by Crippen LogP contribution is -2.18. The third-order valence-corrected chi connectivity index (χ3v) is 2.07. The van der Waals surface area contributed by atoms with Crippen molar-refractivity contribution >= 4 is 5.97 Å². The highest BCUT2D eigenvalue weighted by Crippen LogP contribution is 2.07. The molecule has 0 radical (unpaired) electrons. The molecule has 16 heavy (non-hydrogen) atoms. The minimum atomic E-state index is -1.72. The number of benzene rings is 1. The van der Waals surface area contributed by atoms with Gasteiger partial charge in [-0.2, -0.15) is 0 Å². The summed E-state index contributed by atoms with van der Waals surface area (Å²) in [6.45, 7) is -0.567. The lowest BCUT2D eigenvalue weighted by Gasteiger charge is -2.07. The third kappa shape index (κ3) is 4.38. The third-order valence-electron chi connectivity index (χ3n) is 2.07. The number of alkyl halides is 2. The first-order valence-corrected chi connectivity index (χ1v) is 5.14. The van der Waals surface area contributed by atoms with Gasteiger partial charge in [0.05, 0.1) is 6.67 Å². The number of rotatable bonds is 6. The lowest BCUT2D eigenvalue weighted by atomic mass is 10.2. The van der Waals surface area contributed by atoms with Crippen molar-refractivity contribution in [3.63, 3.8) is 0 Å². The van der Waals surface area contributed by atoms with Crippen LogP contribution in [0, 0.1) is 0 Å². The number of carbonyl (C=O) groups is 1. The van der Waals surface area contributed by atoms with E-state index in [1.807, 2.05) is 6.07 Å². The van der Waals surface area contributed by atoms with Crippen molar-refractivity contribution in [2.24, 2.45) is 0 Å². The molecule has 0 saturated heterocycles. The van der Waals surface area contributed by atoms with Crippen LogP contribution < -0.4 is 0 Å². The van der Waals surface area contributed by atoms with Crippen molar-refractivity contribution in [2.75, 3.05) is 6.67 Å². The Morgan fingerprint density at radius 3 is 2.62 bits per heavy atom. The second-order valence-corrected chi connectivity index (χ2v) is 3.39. The van der Waals surface area contributed by atoms with E-state index in [2.05, 4.69) is 0 Å². The van der Waals surface area contributed by atoms with Crippen LogP contribution in [0.4, 0.5) is 8.78 Å². The number of hydrogen-bond acceptors (Lipinski definition) is 2. The van der Waals surface area contributed by atoms with E-state index in [-0.39, 0.29) is 19.4 Å². The fraction of sp³-hybridized carbons (Fsp3) is 0.417. The van der Waals surface area contributed by atoms with E-state index in [0.717, 1.165) is 5.56 Å². The van der Waals surface area contributed by atoms with Gasteiger partial charge in [0, 0.05) is 0 Å². The summed E-state index contributed by atoms with van der Waals surface area (Å²) in [5.41, 5.74) is 0.800. The Morgan fingerprint density at radius 2 is 2.00 bits per heavy atom. The van der Waals surface area contributed by atoms with Crippen molar-refractivity contribution in [2.45, 2.75) is 25.6 Å². The summed E-state index contributed by atoms with van der Waals surface area (Å²) in [5.74, 6) is -0.919. The summed E-state index contributed by atoms with van der Waals surface area (Å²) in [6.07, 6.45) is -1.80. The van der Waals surface area contributed by atoms with E-state index < -0.39 is 18.8 Å². The fourth-order valence-corrected chi connectivity index (χ4v) is 1.19. The zero-order valence-electron chi connectivity index (χ0n) is 8.86. The number of esters is 1. The molecule has 4 heteroatoms. The topological polar surface area (TPSA) is 26.3 Å². The molecule has 1 unspecified atom stereocenters. The molecular formula is C12H14F2O2. The van der Waals surface area contributed by atoms with Crippen molar-refractivity contribution < 1.29 is 18.3 Å². The van der Waals surface area contributed by atoms with Crippen LogP contribution in [0.25, 0.3) is 0 Å². The summed E-state index contributed by atoms with van der Waals surface area (Å²) in [6, 6.07) is 9.01. The van der Waals surface area contributed by atoms with Gasteiger partial charge in [-0.25, -0.2) is 9.18 Å². The zero-order valence-corrected chi connectivity index (χ0v) is 8.86. The van der Waals surface area contributed by atoms with Gasteiger partial charge in [0.25, 0.3) is 0 Å². The van der Waals surface area contributed by atoms with Crippen LogP contribution in [-0.4, -0.2) is 18.8 Å². The normalized spacial score (nSPS) is 12.1. The fourth-order valence-electron chi connectivity index (χ4n) is 1.19. The highest BCUT2D eigenvalue weighted by Gasteiger charge is 2.18. The predicted octanol–water partition coefficient (Wildman–Crippen LogP) is 2.82. The molecular weight excluding hydrogens is 214 g/mol. The molecule has 0 N–H and O–H groups in total. The van der Waals surface area contributed by atoms with Gasteiger partial charge in [0.2, 0.25) is 0 Å². The van der Waals surface area contributed by atoms with E-state index in [1.165, 1.54) is 0 Å². The molecule has 1 aromatic rings. The van der Waals surface area contributed by atoms with Gasteiger partial charge in [-0.05, 0) is 18.4 Å². The van der Waals surface area contributed by atoms with Crippen LogP contribution in [0.2, 0.25) is 0 Å². The average molecular weight is 228 g/mol. The van der Waals surface area contributed by atoms with E-state index in [1.54, 1.807) is 24.3 Å². The summed E-state index contributed by atoms with van der Waals surface area (Å²) >= 11 is 0. The number of ether oxygens (including phenoxy) is 1. The molecule has 1 rings (SSSR count). The van der Waals surface area contributed by atoms with Gasteiger partial charge < -0.3 is 4.74 Å². The lowest BCUT2D eigenvalue weighted by molar-refractivity contribution is -0.151. The number of carbonyl (C=O) groups excluding carboxylic acids is 1.